The number of carbonyl (C=O) groups is 2. The van der Waals surface area contributed by atoms with Crippen molar-refractivity contribution >= 4 is 34.5 Å². The van der Waals surface area contributed by atoms with Crippen LogP contribution in [-0.2, 0) is 4.79 Å². The van der Waals surface area contributed by atoms with Gasteiger partial charge < -0.3 is 4.57 Å². The molecule has 164 valence electrons. The predicted octanol–water partition coefficient (Wildman–Crippen LogP) is 4.67. The highest BCUT2D eigenvalue weighted by atomic mass is 16.2. The van der Waals surface area contributed by atoms with Crippen molar-refractivity contribution < 1.29 is 9.59 Å². The molecule has 1 aromatic heterocycles. The lowest BCUT2D eigenvalue weighted by Crippen LogP contribution is -2.37. The highest BCUT2D eigenvalue weighted by Crippen LogP contribution is 2.36. The minimum Gasteiger partial charge on any atom is -0.318 e. The summed E-state index contributed by atoms with van der Waals surface area (Å²) in [4.78, 5) is 27.0. The molecule has 0 atom stereocenters. The van der Waals surface area contributed by atoms with Gasteiger partial charge in [0.2, 0.25) is 0 Å². The Morgan fingerprint density at radius 2 is 1.76 bits per heavy atom. The van der Waals surface area contributed by atoms with Gasteiger partial charge in [0.1, 0.15) is 6.54 Å². The Bertz CT molecular complexity index is 1440. The Morgan fingerprint density at radius 3 is 2.55 bits per heavy atom. The summed E-state index contributed by atoms with van der Waals surface area (Å²) in [7, 11) is 0. The summed E-state index contributed by atoms with van der Waals surface area (Å²) < 4.78 is 2.16. The van der Waals surface area contributed by atoms with Crippen molar-refractivity contribution in [2.75, 3.05) is 11.4 Å². The van der Waals surface area contributed by atoms with Crippen molar-refractivity contribution in [1.82, 2.24) is 9.99 Å². The first-order chi connectivity index (χ1) is 15.9. The van der Waals surface area contributed by atoms with E-state index in [0.29, 0.717) is 5.56 Å². The first kappa shape index (κ1) is 20.7. The molecule has 2 amide bonds. The highest BCUT2D eigenvalue weighted by molar-refractivity contribution is 6.26. The monoisotopic (exact) mass is 436 g/mol. The molecule has 6 nitrogen and oxygen atoms in total. The summed E-state index contributed by atoms with van der Waals surface area (Å²) in [6.45, 7) is 6.05. The first-order valence-electron chi connectivity index (χ1n) is 10.9. The fourth-order valence-corrected chi connectivity index (χ4v) is 4.57. The van der Waals surface area contributed by atoms with Crippen molar-refractivity contribution in [1.29, 1.82) is 0 Å². The summed E-state index contributed by atoms with van der Waals surface area (Å²) in [5.41, 5.74) is 9.28. The standard InChI is InChI=1S/C27H24N4O2/c1-17-7-4-10-22(13-17)31-18(2)14-21(19(31)3)15-28-29-25(32)16-30-24-12-6-9-20-8-5-11-23(26(20)24)27(30)33/h4-15H,16H2,1-3H3,(H,29,32)/b28-15-. The number of rotatable bonds is 5. The normalized spacial score (nSPS) is 12.8. The molecule has 0 unspecified atom stereocenters. The third-order valence-electron chi connectivity index (χ3n) is 6.07. The molecule has 0 aliphatic carbocycles. The molecule has 0 fully saturated rings. The van der Waals surface area contributed by atoms with Crippen LogP contribution in [0.1, 0.15) is 32.9 Å². The van der Waals surface area contributed by atoms with E-state index in [4.69, 9.17) is 0 Å². The number of amides is 2. The highest BCUT2D eigenvalue weighted by Gasteiger charge is 2.30. The lowest BCUT2D eigenvalue weighted by atomic mass is 10.1. The second-order valence-corrected chi connectivity index (χ2v) is 8.37. The van der Waals surface area contributed by atoms with Crippen LogP contribution in [0.3, 0.4) is 0 Å². The fraction of sp³-hybridized carbons (Fsp3) is 0.148. The molecule has 2 heterocycles. The number of hydrogen-bond acceptors (Lipinski definition) is 3. The van der Waals surface area contributed by atoms with Crippen LogP contribution < -0.4 is 10.3 Å². The second-order valence-electron chi connectivity index (χ2n) is 8.37. The number of hydrogen-bond donors (Lipinski definition) is 1. The molecular weight excluding hydrogens is 412 g/mol. The van der Waals surface area contributed by atoms with Crippen molar-refractivity contribution in [2.45, 2.75) is 20.8 Å². The van der Waals surface area contributed by atoms with E-state index in [2.05, 4.69) is 40.2 Å². The van der Waals surface area contributed by atoms with E-state index in [1.807, 2.05) is 56.3 Å². The number of nitrogens with one attached hydrogen (secondary N) is 1. The van der Waals surface area contributed by atoms with Crippen LogP contribution in [0.4, 0.5) is 5.69 Å². The summed E-state index contributed by atoms with van der Waals surface area (Å²) in [5, 5.41) is 6.04. The predicted molar refractivity (Wildman–Crippen MR) is 131 cm³/mol. The summed E-state index contributed by atoms with van der Waals surface area (Å²) in [6, 6.07) is 21.7. The van der Waals surface area contributed by atoms with Crippen molar-refractivity contribution in [3.8, 4) is 5.69 Å². The van der Waals surface area contributed by atoms with Gasteiger partial charge in [-0.25, -0.2) is 5.43 Å². The van der Waals surface area contributed by atoms with Gasteiger partial charge in [-0.2, -0.15) is 5.10 Å². The van der Waals surface area contributed by atoms with Crippen LogP contribution in [0.25, 0.3) is 16.5 Å². The fourth-order valence-electron chi connectivity index (χ4n) is 4.57. The summed E-state index contributed by atoms with van der Waals surface area (Å²) in [5.74, 6) is -0.514. The molecule has 1 N–H and O–H groups in total. The van der Waals surface area contributed by atoms with E-state index < -0.39 is 0 Å². The molecule has 5 rings (SSSR count). The molecule has 0 saturated heterocycles. The third kappa shape index (κ3) is 3.59. The van der Waals surface area contributed by atoms with E-state index in [9.17, 15) is 9.59 Å². The van der Waals surface area contributed by atoms with Gasteiger partial charge in [0.15, 0.2) is 0 Å². The smallest absolute Gasteiger partial charge is 0.260 e. The number of anilines is 1. The number of carbonyl (C=O) groups excluding carboxylic acids is 2. The number of aryl methyl sites for hydroxylation is 2. The first-order valence-corrected chi connectivity index (χ1v) is 10.9. The van der Waals surface area contributed by atoms with E-state index in [0.717, 1.165) is 39.1 Å². The minimum atomic E-state index is -0.350. The van der Waals surface area contributed by atoms with Gasteiger partial charge in [-0.15, -0.1) is 0 Å². The van der Waals surface area contributed by atoms with Crippen LogP contribution in [0.2, 0.25) is 0 Å². The molecule has 3 aromatic carbocycles. The van der Waals surface area contributed by atoms with Crippen LogP contribution >= 0.6 is 0 Å². The topological polar surface area (TPSA) is 66.7 Å². The van der Waals surface area contributed by atoms with Gasteiger partial charge in [0.25, 0.3) is 11.8 Å². The van der Waals surface area contributed by atoms with Crippen LogP contribution in [0.5, 0.6) is 0 Å². The molecule has 0 spiro atoms. The van der Waals surface area contributed by atoms with E-state index >= 15 is 0 Å². The number of benzene rings is 3. The van der Waals surface area contributed by atoms with Crippen LogP contribution in [0, 0.1) is 20.8 Å². The van der Waals surface area contributed by atoms with Gasteiger partial charge in [-0.05, 0) is 62.1 Å². The SMILES string of the molecule is Cc1cccc(-n2c(C)cc(/C=N\NC(=O)CN3C(=O)c4cccc5cccc3c45)c2C)c1. The van der Waals surface area contributed by atoms with Gasteiger partial charge in [0.05, 0.1) is 11.9 Å². The maximum atomic E-state index is 12.9. The molecular formula is C27H24N4O2. The summed E-state index contributed by atoms with van der Waals surface area (Å²) in [6.07, 6.45) is 1.65. The largest absolute Gasteiger partial charge is 0.318 e. The van der Waals surface area contributed by atoms with Gasteiger partial charge in [-0.3, -0.25) is 14.5 Å². The van der Waals surface area contributed by atoms with Gasteiger partial charge in [-0.1, -0.05) is 36.4 Å². The number of nitrogens with zero attached hydrogens (tertiary/aromatic N) is 3. The second kappa shape index (κ2) is 8.06. The molecule has 0 bridgehead atoms. The third-order valence-corrected chi connectivity index (χ3v) is 6.07. The van der Waals surface area contributed by atoms with Crippen molar-refractivity contribution in [3.05, 3.63) is 94.8 Å². The molecule has 1 aliphatic rings. The van der Waals surface area contributed by atoms with Gasteiger partial charge >= 0.3 is 0 Å². The average Bonchev–Trinajstić information content (AvgIpc) is 3.23. The number of aromatic nitrogens is 1. The van der Waals surface area contributed by atoms with Crippen LogP contribution in [0.15, 0.2) is 71.8 Å². The quantitative estimate of drug-likeness (QED) is 0.365. The zero-order valence-electron chi connectivity index (χ0n) is 18.8. The molecule has 0 radical (unpaired) electrons. The zero-order valence-corrected chi connectivity index (χ0v) is 18.8. The maximum Gasteiger partial charge on any atom is 0.260 e. The Balaban J connectivity index is 1.31. The Kier molecular flexibility index (Phi) is 5.05. The molecule has 4 aromatic rings. The van der Waals surface area contributed by atoms with Crippen molar-refractivity contribution in [2.24, 2.45) is 5.10 Å². The van der Waals surface area contributed by atoms with Crippen LogP contribution in [-0.4, -0.2) is 29.1 Å². The molecule has 1 aliphatic heterocycles. The molecule has 0 saturated carbocycles. The lowest BCUT2D eigenvalue weighted by molar-refractivity contribution is -0.119. The Labute approximate surface area is 192 Å². The maximum absolute atomic E-state index is 12.9. The van der Waals surface area contributed by atoms with E-state index in [-0.39, 0.29) is 18.4 Å². The average molecular weight is 437 g/mol. The Morgan fingerprint density at radius 1 is 1.00 bits per heavy atom. The van der Waals surface area contributed by atoms with Gasteiger partial charge in [0, 0.05) is 33.6 Å². The molecule has 6 heteroatoms. The Hall–Kier alpha value is -4.19. The lowest BCUT2D eigenvalue weighted by Gasteiger charge is -2.16. The summed E-state index contributed by atoms with van der Waals surface area (Å²) >= 11 is 0. The molecule has 33 heavy (non-hydrogen) atoms. The van der Waals surface area contributed by atoms with E-state index in [1.54, 1.807) is 12.3 Å². The zero-order chi connectivity index (χ0) is 23.1. The van der Waals surface area contributed by atoms with Crippen molar-refractivity contribution in [3.63, 3.8) is 0 Å². The minimum absolute atomic E-state index is 0.0910. The van der Waals surface area contributed by atoms with E-state index in [1.165, 1.54) is 10.5 Å². The number of hydrazone groups is 1.